The van der Waals surface area contributed by atoms with E-state index in [9.17, 15) is 20.4 Å². The van der Waals surface area contributed by atoms with E-state index in [2.05, 4.69) is 32.6 Å². The molecule has 0 amide bonds. The van der Waals surface area contributed by atoms with Crippen LogP contribution < -0.4 is 0 Å². The molecule has 6 fully saturated rings. The highest BCUT2D eigenvalue weighted by Crippen LogP contribution is 2.82. The summed E-state index contributed by atoms with van der Waals surface area (Å²) in [6.45, 7) is 6.66. The number of aliphatic hydroxyl groups is 4. The third-order valence-electron chi connectivity index (χ3n) is 11.5. The zero-order valence-electron chi connectivity index (χ0n) is 17.9. The molecule has 3 unspecified atom stereocenters. The van der Waals surface area contributed by atoms with Crippen molar-refractivity contribution in [2.45, 2.75) is 76.6 Å². The van der Waals surface area contributed by atoms with Gasteiger partial charge in [0.25, 0.3) is 0 Å². The lowest BCUT2D eigenvalue weighted by Gasteiger charge is -2.64. The number of hydrogen-bond acceptors (Lipinski definition) is 4. The highest BCUT2D eigenvalue weighted by Gasteiger charge is 2.83. The van der Waals surface area contributed by atoms with Crippen LogP contribution in [0.4, 0.5) is 0 Å². The lowest BCUT2D eigenvalue weighted by molar-refractivity contribution is -0.234. The van der Waals surface area contributed by atoms with Gasteiger partial charge in [-0.05, 0) is 78.9 Å². The van der Waals surface area contributed by atoms with Crippen molar-refractivity contribution in [2.24, 2.45) is 58.2 Å². The summed E-state index contributed by atoms with van der Waals surface area (Å²) in [5.74, 6) is 9.55. The van der Waals surface area contributed by atoms with Crippen LogP contribution in [0.1, 0.15) is 59.3 Å². The van der Waals surface area contributed by atoms with Crippen molar-refractivity contribution in [3.63, 3.8) is 0 Å². The second-order valence-electron chi connectivity index (χ2n) is 12.1. The van der Waals surface area contributed by atoms with Crippen molar-refractivity contribution < 1.29 is 20.4 Å². The van der Waals surface area contributed by atoms with Crippen LogP contribution in [-0.4, -0.2) is 44.3 Å². The lowest BCUT2D eigenvalue weighted by atomic mass is 9.42. The first-order chi connectivity index (χ1) is 13.6. The zero-order chi connectivity index (χ0) is 20.6. The van der Waals surface area contributed by atoms with E-state index < -0.39 is 11.2 Å². The van der Waals surface area contributed by atoms with Crippen LogP contribution >= 0.6 is 0 Å². The van der Waals surface area contributed by atoms with E-state index in [1.54, 1.807) is 0 Å². The van der Waals surface area contributed by atoms with E-state index in [1.165, 1.54) is 0 Å². The first-order valence-electron chi connectivity index (χ1n) is 11.9. The molecule has 4 heteroatoms. The molecule has 0 spiro atoms. The maximum absolute atomic E-state index is 11.9. The van der Waals surface area contributed by atoms with Crippen molar-refractivity contribution in [1.29, 1.82) is 0 Å². The molecule has 0 bridgehead atoms. The summed E-state index contributed by atoms with van der Waals surface area (Å²) in [6.07, 6.45) is 4.96. The molecule has 0 aliphatic heterocycles. The number of aliphatic hydroxyl groups excluding tert-OH is 2. The molecular formula is C25H36O4. The van der Waals surface area contributed by atoms with Gasteiger partial charge in [-0.25, -0.2) is 0 Å². The summed E-state index contributed by atoms with van der Waals surface area (Å²) in [7, 11) is 0. The zero-order valence-corrected chi connectivity index (χ0v) is 17.9. The molecule has 0 heterocycles. The van der Waals surface area contributed by atoms with Gasteiger partial charge in [0, 0.05) is 17.8 Å². The normalized spacial score (nSPS) is 66.4. The Hall–Kier alpha value is -0.600. The monoisotopic (exact) mass is 400 g/mol. The van der Waals surface area contributed by atoms with Crippen molar-refractivity contribution in [3.8, 4) is 11.8 Å². The highest BCUT2D eigenvalue weighted by molar-refractivity contribution is 5.37. The Labute approximate surface area is 174 Å². The highest BCUT2D eigenvalue weighted by atomic mass is 16.3. The molecular weight excluding hydrogens is 364 g/mol. The van der Waals surface area contributed by atoms with Crippen LogP contribution in [0.15, 0.2) is 0 Å². The molecule has 0 saturated heterocycles. The molecule has 6 aliphatic carbocycles. The Morgan fingerprint density at radius 3 is 2.41 bits per heavy atom. The Morgan fingerprint density at radius 1 is 0.966 bits per heavy atom. The van der Waals surface area contributed by atoms with Crippen LogP contribution in [0.3, 0.4) is 0 Å². The SMILES string of the molecule is C[C@H]1[C@H]2C3C4C(CC[C@]3(C)[C@](O)(C#CCO)[C@@H]12)[C@@]1(C)CC[C@H](O)C[C@@]1(O)[C@@H]1C[C@H]41. The molecule has 0 radical (unpaired) electrons. The smallest absolute Gasteiger partial charge is 0.134 e. The van der Waals surface area contributed by atoms with E-state index in [-0.39, 0.29) is 29.5 Å². The molecule has 6 aliphatic rings. The molecule has 4 nitrogen and oxygen atoms in total. The minimum absolute atomic E-state index is 0.124. The summed E-state index contributed by atoms with van der Waals surface area (Å²) in [5, 5.41) is 43.4. The van der Waals surface area contributed by atoms with Gasteiger partial charge in [0.05, 0.1) is 11.7 Å². The average Bonchev–Trinajstić information content (AvgIpc) is 3.56. The van der Waals surface area contributed by atoms with E-state index in [0.717, 1.165) is 32.1 Å². The fraction of sp³-hybridized carbons (Fsp3) is 0.920. The fourth-order valence-electron chi connectivity index (χ4n) is 10.1. The van der Waals surface area contributed by atoms with Gasteiger partial charge in [-0.1, -0.05) is 32.6 Å². The number of rotatable bonds is 0. The molecule has 6 saturated carbocycles. The molecule has 0 aromatic carbocycles. The molecule has 29 heavy (non-hydrogen) atoms. The topological polar surface area (TPSA) is 80.9 Å². The van der Waals surface area contributed by atoms with Gasteiger partial charge in [-0.3, -0.25) is 0 Å². The van der Waals surface area contributed by atoms with Crippen molar-refractivity contribution in [3.05, 3.63) is 0 Å². The van der Waals surface area contributed by atoms with E-state index in [0.29, 0.717) is 47.8 Å². The van der Waals surface area contributed by atoms with Crippen LogP contribution in [0, 0.1) is 70.0 Å². The third kappa shape index (κ3) is 1.94. The maximum Gasteiger partial charge on any atom is 0.134 e. The standard InChI is InChI=1S/C25H36O4/c1-13-18-20(13)24(28,7-4-10-26)23(3)9-6-16-19(21(18)23)15-11-17(15)25(29)12-14(27)5-8-22(16,25)2/h13-21,26-29H,5-6,8-12H2,1-3H3/t13-,14-,15-,16?,17+,18+,19?,20-,21?,22+,23-,24-,25+/m0/s1. The third-order valence-corrected chi connectivity index (χ3v) is 11.5. The molecule has 160 valence electrons. The summed E-state index contributed by atoms with van der Waals surface area (Å²) in [6, 6.07) is 0. The van der Waals surface area contributed by atoms with E-state index in [1.807, 2.05) is 0 Å². The fourth-order valence-corrected chi connectivity index (χ4v) is 10.1. The van der Waals surface area contributed by atoms with E-state index in [4.69, 9.17) is 0 Å². The summed E-state index contributed by atoms with van der Waals surface area (Å²) in [5.41, 5.74) is -2.05. The quantitative estimate of drug-likeness (QED) is 0.470. The Kier molecular flexibility index (Phi) is 3.57. The van der Waals surface area contributed by atoms with Gasteiger partial charge in [-0.15, -0.1) is 0 Å². The second kappa shape index (κ2) is 5.41. The van der Waals surface area contributed by atoms with Gasteiger partial charge < -0.3 is 20.4 Å². The minimum Gasteiger partial charge on any atom is -0.393 e. The summed E-state index contributed by atoms with van der Waals surface area (Å²) < 4.78 is 0. The van der Waals surface area contributed by atoms with Gasteiger partial charge in [-0.2, -0.15) is 0 Å². The molecule has 0 aromatic rings. The Balaban J connectivity index is 1.43. The van der Waals surface area contributed by atoms with Gasteiger partial charge in [0.2, 0.25) is 0 Å². The molecule has 13 atom stereocenters. The second-order valence-corrected chi connectivity index (χ2v) is 12.1. The van der Waals surface area contributed by atoms with Crippen LogP contribution in [0.2, 0.25) is 0 Å². The Morgan fingerprint density at radius 2 is 1.69 bits per heavy atom. The van der Waals surface area contributed by atoms with E-state index >= 15 is 0 Å². The Bertz CT molecular complexity index is 815. The van der Waals surface area contributed by atoms with Crippen LogP contribution in [0.25, 0.3) is 0 Å². The number of fused-ring (bicyclic) bond motifs is 10. The van der Waals surface area contributed by atoms with Crippen molar-refractivity contribution in [2.75, 3.05) is 6.61 Å². The van der Waals surface area contributed by atoms with Gasteiger partial charge in [0.15, 0.2) is 0 Å². The summed E-state index contributed by atoms with van der Waals surface area (Å²) >= 11 is 0. The minimum atomic E-state index is -0.989. The summed E-state index contributed by atoms with van der Waals surface area (Å²) in [4.78, 5) is 0. The number of hydrogen-bond donors (Lipinski definition) is 4. The first-order valence-corrected chi connectivity index (χ1v) is 11.9. The molecule has 6 rings (SSSR count). The van der Waals surface area contributed by atoms with Crippen LogP contribution in [-0.2, 0) is 0 Å². The predicted molar refractivity (Wildman–Crippen MR) is 108 cm³/mol. The average molecular weight is 401 g/mol. The first kappa shape index (κ1) is 19.1. The lowest BCUT2D eigenvalue weighted by Crippen LogP contribution is -2.65. The van der Waals surface area contributed by atoms with Crippen LogP contribution in [0.5, 0.6) is 0 Å². The van der Waals surface area contributed by atoms with Gasteiger partial charge in [0.1, 0.15) is 12.2 Å². The van der Waals surface area contributed by atoms with Crippen molar-refractivity contribution in [1.82, 2.24) is 0 Å². The van der Waals surface area contributed by atoms with Gasteiger partial charge >= 0.3 is 0 Å². The maximum atomic E-state index is 11.9. The predicted octanol–water partition coefficient (Wildman–Crippen LogP) is 2.19. The molecule has 4 N–H and O–H groups in total. The largest absolute Gasteiger partial charge is 0.393 e. The molecule has 0 aromatic heterocycles. The van der Waals surface area contributed by atoms with Crippen molar-refractivity contribution >= 4 is 0 Å².